The summed E-state index contributed by atoms with van der Waals surface area (Å²) in [6, 6.07) is 0. The van der Waals surface area contributed by atoms with E-state index >= 15 is 0 Å². The third kappa shape index (κ3) is 64.6. The molecule has 6 nitrogen and oxygen atoms in total. The largest absolute Gasteiger partial charge is 0.462 e. The predicted molar refractivity (Wildman–Crippen MR) is 348 cm³/mol. The maximum atomic E-state index is 12.9. The number of esters is 3. The van der Waals surface area contributed by atoms with Gasteiger partial charge in [-0.1, -0.05) is 303 Å². The average molecular weight is 1110 g/mol. The molecule has 0 amide bonds. The van der Waals surface area contributed by atoms with Crippen LogP contribution in [0.1, 0.15) is 310 Å². The van der Waals surface area contributed by atoms with Crippen LogP contribution in [0.15, 0.2) is 122 Å². The van der Waals surface area contributed by atoms with Crippen molar-refractivity contribution >= 4 is 17.9 Å². The summed E-state index contributed by atoms with van der Waals surface area (Å²) in [4.78, 5) is 38.4. The van der Waals surface area contributed by atoms with Crippen molar-refractivity contribution in [2.45, 2.75) is 316 Å². The molecule has 0 aliphatic carbocycles. The van der Waals surface area contributed by atoms with Crippen molar-refractivity contribution in [2.24, 2.45) is 0 Å². The lowest BCUT2D eigenvalue weighted by Crippen LogP contribution is -2.30. The quantitative estimate of drug-likeness (QED) is 0.0261. The molecule has 0 spiro atoms. The van der Waals surface area contributed by atoms with E-state index in [1.54, 1.807) is 0 Å². The Kier molecular flexibility index (Phi) is 63.8. The highest BCUT2D eigenvalue weighted by Crippen LogP contribution is 2.17. The third-order valence-corrected chi connectivity index (χ3v) is 14.2. The highest BCUT2D eigenvalue weighted by Gasteiger charge is 2.19. The van der Waals surface area contributed by atoms with Crippen molar-refractivity contribution in [3.8, 4) is 0 Å². The number of hydrogen-bond donors (Lipinski definition) is 0. The van der Waals surface area contributed by atoms with E-state index in [0.717, 1.165) is 148 Å². The molecule has 0 bridgehead atoms. The maximum absolute atomic E-state index is 12.9. The Bertz CT molecular complexity index is 1650. The molecular formula is C74H124O6. The molecule has 0 fully saturated rings. The van der Waals surface area contributed by atoms with Crippen LogP contribution in [0.2, 0.25) is 0 Å². The molecule has 0 aliphatic rings. The SMILES string of the molecule is CC/C=C\C/C=C\C/C=C\C/C=C\C/C=C\C/C=C\C/C=C\CCCCCCCC(=O)OCC(COC(=O)CCCCCCCCC/C=C\C/C=C\C/C=C\CC)OC(=O)CCCCCCCCCCCCCCCCCCCC. The molecule has 0 heterocycles. The van der Waals surface area contributed by atoms with Crippen LogP contribution in [0.5, 0.6) is 0 Å². The van der Waals surface area contributed by atoms with Crippen LogP contribution in [0.4, 0.5) is 0 Å². The summed E-state index contributed by atoms with van der Waals surface area (Å²) in [6.45, 7) is 6.42. The van der Waals surface area contributed by atoms with Gasteiger partial charge < -0.3 is 14.2 Å². The van der Waals surface area contributed by atoms with E-state index in [1.807, 2.05) is 0 Å². The second-order valence-corrected chi connectivity index (χ2v) is 22.0. The second kappa shape index (κ2) is 67.3. The number of hydrogen-bond acceptors (Lipinski definition) is 6. The summed E-state index contributed by atoms with van der Waals surface area (Å²) in [5.74, 6) is -0.907. The van der Waals surface area contributed by atoms with Crippen LogP contribution in [-0.4, -0.2) is 37.2 Å². The number of unbranched alkanes of at least 4 members (excludes halogenated alkanes) is 29. The Morgan fingerprint density at radius 1 is 0.263 bits per heavy atom. The van der Waals surface area contributed by atoms with Crippen LogP contribution in [0.25, 0.3) is 0 Å². The Morgan fingerprint density at radius 3 is 0.762 bits per heavy atom. The first-order valence-corrected chi connectivity index (χ1v) is 33.5. The zero-order valence-electron chi connectivity index (χ0n) is 52.3. The van der Waals surface area contributed by atoms with Crippen LogP contribution >= 0.6 is 0 Å². The first kappa shape index (κ1) is 75.8. The maximum Gasteiger partial charge on any atom is 0.306 e. The molecule has 456 valence electrons. The molecule has 0 aliphatic heterocycles. The van der Waals surface area contributed by atoms with E-state index in [1.165, 1.54) is 122 Å². The van der Waals surface area contributed by atoms with Gasteiger partial charge in [-0.2, -0.15) is 0 Å². The molecule has 0 rings (SSSR count). The highest BCUT2D eigenvalue weighted by atomic mass is 16.6. The van der Waals surface area contributed by atoms with Gasteiger partial charge in [-0.25, -0.2) is 0 Å². The normalized spacial score (nSPS) is 12.9. The number of rotatable bonds is 60. The lowest BCUT2D eigenvalue weighted by Gasteiger charge is -2.18. The van der Waals surface area contributed by atoms with Crippen molar-refractivity contribution in [3.63, 3.8) is 0 Å². The number of ether oxygens (including phenoxy) is 3. The predicted octanol–water partition coefficient (Wildman–Crippen LogP) is 23.2. The topological polar surface area (TPSA) is 78.9 Å². The third-order valence-electron chi connectivity index (χ3n) is 14.2. The number of carbonyl (C=O) groups excluding carboxylic acids is 3. The van der Waals surface area contributed by atoms with Gasteiger partial charge in [0.25, 0.3) is 0 Å². The first-order chi connectivity index (χ1) is 39.5. The monoisotopic (exact) mass is 1110 g/mol. The summed E-state index contributed by atoms with van der Waals surface area (Å²) < 4.78 is 17.0. The minimum atomic E-state index is -0.794. The fraction of sp³-hybridized carbons (Fsp3) is 0.689. The van der Waals surface area contributed by atoms with Gasteiger partial charge in [-0.3, -0.25) is 14.4 Å². The molecule has 0 radical (unpaired) electrons. The number of carbonyl (C=O) groups is 3. The summed E-state index contributed by atoms with van der Waals surface area (Å²) in [7, 11) is 0. The Hall–Kier alpha value is -4.19. The Balaban J connectivity index is 4.41. The van der Waals surface area contributed by atoms with E-state index in [2.05, 4.69) is 142 Å². The molecule has 80 heavy (non-hydrogen) atoms. The molecule has 0 aromatic rings. The van der Waals surface area contributed by atoms with Gasteiger partial charge in [-0.05, 0) is 109 Å². The standard InChI is InChI=1S/C74H124O6/c1-4-7-10-13-16-19-22-25-28-31-33-34-35-36-37-38-39-40-41-44-46-49-52-55-58-61-64-67-73(76)79-70-71(69-78-72(75)66-63-60-57-54-51-48-45-42-30-27-24-21-18-15-12-9-6-3)80-74(77)68-65-62-59-56-53-50-47-43-32-29-26-23-20-17-14-11-8-5-2/h7,9-10,12,16,18-19,21,25,27-28,30,33-34,36-37,39-40,44,46,71H,4-6,8,11,13-15,17,20,22-24,26,29,31-32,35,38,41-43,45,47-70H2,1-3H3/b10-7-,12-9-,19-16-,21-18-,28-25-,30-27-,34-33-,37-36-,40-39-,46-44-. The van der Waals surface area contributed by atoms with E-state index in [4.69, 9.17) is 14.2 Å². The molecule has 0 aromatic heterocycles. The fourth-order valence-electron chi connectivity index (χ4n) is 9.26. The molecular weight excluding hydrogens is 985 g/mol. The van der Waals surface area contributed by atoms with Gasteiger partial charge in [0.1, 0.15) is 13.2 Å². The molecule has 1 atom stereocenters. The molecule has 0 N–H and O–H groups in total. The van der Waals surface area contributed by atoms with Crippen molar-refractivity contribution < 1.29 is 28.6 Å². The summed E-state index contributed by atoms with van der Waals surface area (Å²) in [5.41, 5.74) is 0. The Morgan fingerprint density at radius 2 is 0.487 bits per heavy atom. The minimum Gasteiger partial charge on any atom is -0.462 e. The van der Waals surface area contributed by atoms with E-state index in [-0.39, 0.29) is 31.1 Å². The van der Waals surface area contributed by atoms with Crippen LogP contribution in [0.3, 0.4) is 0 Å². The summed E-state index contributed by atoms with van der Waals surface area (Å²) in [6.07, 6.45) is 93.5. The summed E-state index contributed by atoms with van der Waals surface area (Å²) >= 11 is 0. The fourth-order valence-corrected chi connectivity index (χ4v) is 9.26. The number of allylic oxidation sites excluding steroid dienone is 20. The van der Waals surface area contributed by atoms with E-state index < -0.39 is 6.10 Å². The van der Waals surface area contributed by atoms with Gasteiger partial charge in [0.2, 0.25) is 0 Å². The van der Waals surface area contributed by atoms with Crippen molar-refractivity contribution in [2.75, 3.05) is 13.2 Å². The smallest absolute Gasteiger partial charge is 0.306 e. The zero-order valence-corrected chi connectivity index (χ0v) is 52.3. The van der Waals surface area contributed by atoms with Gasteiger partial charge in [0, 0.05) is 19.3 Å². The van der Waals surface area contributed by atoms with Gasteiger partial charge in [0.15, 0.2) is 6.10 Å². The van der Waals surface area contributed by atoms with Gasteiger partial charge in [0.05, 0.1) is 0 Å². The molecule has 0 aromatic carbocycles. The van der Waals surface area contributed by atoms with Crippen molar-refractivity contribution in [3.05, 3.63) is 122 Å². The van der Waals surface area contributed by atoms with Crippen molar-refractivity contribution in [1.82, 2.24) is 0 Å². The lowest BCUT2D eigenvalue weighted by atomic mass is 10.0. The molecule has 0 saturated heterocycles. The van der Waals surface area contributed by atoms with Crippen LogP contribution in [0, 0.1) is 0 Å². The van der Waals surface area contributed by atoms with Crippen molar-refractivity contribution in [1.29, 1.82) is 0 Å². The first-order valence-electron chi connectivity index (χ1n) is 33.5. The second-order valence-electron chi connectivity index (χ2n) is 22.0. The average Bonchev–Trinajstić information content (AvgIpc) is 3.46. The molecule has 1 unspecified atom stereocenters. The van der Waals surface area contributed by atoms with E-state index in [9.17, 15) is 14.4 Å². The zero-order chi connectivity index (χ0) is 57.8. The minimum absolute atomic E-state index is 0.0894. The van der Waals surface area contributed by atoms with Gasteiger partial charge in [-0.15, -0.1) is 0 Å². The molecule has 0 saturated carbocycles. The summed E-state index contributed by atoms with van der Waals surface area (Å²) in [5, 5.41) is 0. The van der Waals surface area contributed by atoms with E-state index in [0.29, 0.717) is 19.3 Å². The van der Waals surface area contributed by atoms with Gasteiger partial charge >= 0.3 is 17.9 Å². The molecule has 6 heteroatoms. The Labute approximate surface area is 494 Å². The van der Waals surface area contributed by atoms with Crippen LogP contribution < -0.4 is 0 Å². The van der Waals surface area contributed by atoms with Crippen LogP contribution in [-0.2, 0) is 28.6 Å². The highest BCUT2D eigenvalue weighted by molar-refractivity contribution is 5.71. The lowest BCUT2D eigenvalue weighted by molar-refractivity contribution is -0.167.